The van der Waals surface area contributed by atoms with Crippen molar-refractivity contribution in [2.24, 2.45) is 5.92 Å². The summed E-state index contributed by atoms with van der Waals surface area (Å²) in [6, 6.07) is 2.11. The number of nitrogens with zero attached hydrogens (tertiary/aromatic N) is 1. The van der Waals surface area contributed by atoms with Crippen molar-refractivity contribution >= 4 is 23.3 Å². The van der Waals surface area contributed by atoms with E-state index in [1.54, 1.807) is 16.2 Å². The third-order valence-electron chi connectivity index (χ3n) is 3.92. The first-order valence-corrected chi connectivity index (χ1v) is 8.88. The molecule has 2 heterocycles. The summed E-state index contributed by atoms with van der Waals surface area (Å²) in [5.74, 6) is -0.0158. The van der Waals surface area contributed by atoms with E-state index in [-0.39, 0.29) is 23.9 Å². The fourth-order valence-electron chi connectivity index (χ4n) is 2.81. The second kappa shape index (κ2) is 8.17. The van der Waals surface area contributed by atoms with E-state index in [1.807, 2.05) is 19.2 Å². The van der Waals surface area contributed by atoms with Gasteiger partial charge >= 0.3 is 6.03 Å². The van der Waals surface area contributed by atoms with Crippen molar-refractivity contribution in [3.05, 3.63) is 22.4 Å². The molecule has 1 aromatic heterocycles. The smallest absolute Gasteiger partial charge is 0.317 e. The number of carbonyl (C=O) groups is 2. The van der Waals surface area contributed by atoms with E-state index < -0.39 is 0 Å². The Labute approximate surface area is 136 Å². The maximum absolute atomic E-state index is 12.3. The number of hydrogen-bond donors (Lipinski definition) is 2. The van der Waals surface area contributed by atoms with Crippen LogP contribution in [-0.2, 0) is 11.2 Å². The first kappa shape index (κ1) is 16.8. The number of hydrogen-bond acceptors (Lipinski definition) is 3. The van der Waals surface area contributed by atoms with Crippen LogP contribution in [0.25, 0.3) is 0 Å². The summed E-state index contributed by atoms with van der Waals surface area (Å²) in [6.45, 7) is 5.81. The highest BCUT2D eigenvalue weighted by Crippen LogP contribution is 2.17. The Kier molecular flexibility index (Phi) is 6.24. The van der Waals surface area contributed by atoms with Gasteiger partial charge in [-0.15, -0.1) is 0 Å². The lowest BCUT2D eigenvalue weighted by Crippen LogP contribution is -2.50. The molecule has 1 saturated heterocycles. The van der Waals surface area contributed by atoms with E-state index in [1.165, 1.54) is 5.56 Å². The van der Waals surface area contributed by atoms with Crippen LogP contribution in [0.3, 0.4) is 0 Å². The Morgan fingerprint density at radius 2 is 2.32 bits per heavy atom. The van der Waals surface area contributed by atoms with Gasteiger partial charge in [-0.3, -0.25) is 4.79 Å². The second-order valence-electron chi connectivity index (χ2n) is 5.87. The molecule has 1 aromatic rings. The largest absolute Gasteiger partial charge is 0.356 e. The first-order chi connectivity index (χ1) is 10.6. The summed E-state index contributed by atoms with van der Waals surface area (Å²) < 4.78 is 0. The van der Waals surface area contributed by atoms with Gasteiger partial charge in [0.1, 0.15) is 0 Å². The minimum Gasteiger partial charge on any atom is -0.356 e. The van der Waals surface area contributed by atoms with E-state index in [0.717, 1.165) is 25.8 Å². The summed E-state index contributed by atoms with van der Waals surface area (Å²) >= 11 is 1.67. The van der Waals surface area contributed by atoms with Gasteiger partial charge in [-0.2, -0.15) is 11.3 Å². The van der Waals surface area contributed by atoms with Gasteiger partial charge in [-0.1, -0.05) is 0 Å². The van der Waals surface area contributed by atoms with Gasteiger partial charge < -0.3 is 15.5 Å². The molecule has 0 bridgehead atoms. The number of thiophene rings is 1. The molecule has 5 nitrogen and oxygen atoms in total. The third-order valence-corrected chi connectivity index (χ3v) is 4.65. The lowest BCUT2D eigenvalue weighted by Gasteiger charge is -2.32. The van der Waals surface area contributed by atoms with Gasteiger partial charge in [-0.05, 0) is 55.5 Å². The van der Waals surface area contributed by atoms with Crippen molar-refractivity contribution in [3.8, 4) is 0 Å². The molecule has 1 fully saturated rings. The molecule has 0 aromatic carbocycles. The van der Waals surface area contributed by atoms with Crippen LogP contribution >= 0.6 is 11.3 Å². The zero-order valence-corrected chi connectivity index (χ0v) is 14.1. The van der Waals surface area contributed by atoms with Crippen molar-refractivity contribution < 1.29 is 9.59 Å². The van der Waals surface area contributed by atoms with Gasteiger partial charge in [0, 0.05) is 25.7 Å². The van der Waals surface area contributed by atoms with E-state index >= 15 is 0 Å². The van der Waals surface area contributed by atoms with Gasteiger partial charge in [0.25, 0.3) is 0 Å². The Balaban J connectivity index is 1.82. The molecule has 22 heavy (non-hydrogen) atoms. The van der Waals surface area contributed by atoms with Crippen LogP contribution in [0.4, 0.5) is 4.79 Å². The second-order valence-corrected chi connectivity index (χ2v) is 6.65. The number of rotatable bonds is 5. The Bertz CT molecular complexity index is 490. The molecule has 0 aliphatic carbocycles. The van der Waals surface area contributed by atoms with Crippen LogP contribution in [0.15, 0.2) is 16.8 Å². The summed E-state index contributed by atoms with van der Waals surface area (Å²) in [5.41, 5.74) is 1.25. The van der Waals surface area contributed by atoms with E-state index in [9.17, 15) is 9.59 Å². The van der Waals surface area contributed by atoms with Gasteiger partial charge in [0.15, 0.2) is 0 Å². The van der Waals surface area contributed by atoms with Gasteiger partial charge in [0.2, 0.25) is 5.91 Å². The standard InChI is InChI=1S/C16H25N3O2S/c1-3-17-15(20)14-5-4-7-19(10-14)16(21)18-12(2)9-13-6-8-22-11-13/h6,8,11-12,14H,3-5,7,9-10H2,1-2H3,(H,17,20)(H,18,21). The molecular weight excluding hydrogens is 298 g/mol. The molecular formula is C16H25N3O2S. The van der Waals surface area contributed by atoms with Crippen molar-refractivity contribution in [1.82, 2.24) is 15.5 Å². The number of piperidine rings is 1. The van der Waals surface area contributed by atoms with Crippen molar-refractivity contribution in [2.75, 3.05) is 19.6 Å². The summed E-state index contributed by atoms with van der Waals surface area (Å²) in [7, 11) is 0. The summed E-state index contributed by atoms with van der Waals surface area (Å²) in [5, 5.41) is 10.0. The molecule has 1 aliphatic rings. The lowest BCUT2D eigenvalue weighted by molar-refractivity contribution is -0.126. The predicted octanol–water partition coefficient (Wildman–Crippen LogP) is 2.24. The molecule has 122 valence electrons. The Morgan fingerprint density at radius 1 is 1.50 bits per heavy atom. The third kappa shape index (κ3) is 4.73. The Hall–Kier alpha value is -1.56. The fraction of sp³-hybridized carbons (Fsp3) is 0.625. The quantitative estimate of drug-likeness (QED) is 0.873. The summed E-state index contributed by atoms with van der Waals surface area (Å²) in [4.78, 5) is 26.1. The first-order valence-electron chi connectivity index (χ1n) is 7.94. The van der Waals surface area contributed by atoms with Crippen LogP contribution in [0.5, 0.6) is 0 Å². The number of urea groups is 1. The van der Waals surface area contributed by atoms with E-state index in [0.29, 0.717) is 13.1 Å². The molecule has 0 spiro atoms. The van der Waals surface area contributed by atoms with Crippen LogP contribution < -0.4 is 10.6 Å². The van der Waals surface area contributed by atoms with Gasteiger partial charge in [-0.25, -0.2) is 4.79 Å². The molecule has 2 unspecified atom stereocenters. The summed E-state index contributed by atoms with van der Waals surface area (Å²) in [6.07, 6.45) is 2.58. The molecule has 3 amide bonds. The van der Waals surface area contributed by atoms with Crippen LogP contribution in [0.2, 0.25) is 0 Å². The SMILES string of the molecule is CCNC(=O)C1CCCN(C(=O)NC(C)Cc2ccsc2)C1. The predicted molar refractivity (Wildman–Crippen MR) is 89.0 cm³/mol. The molecule has 1 aliphatic heterocycles. The average Bonchev–Trinajstić information content (AvgIpc) is 3.00. The monoisotopic (exact) mass is 323 g/mol. The number of nitrogens with one attached hydrogen (secondary N) is 2. The molecule has 0 saturated carbocycles. The zero-order valence-electron chi connectivity index (χ0n) is 13.3. The normalized spacial score (nSPS) is 19.5. The maximum atomic E-state index is 12.3. The van der Waals surface area contributed by atoms with Crippen LogP contribution in [0, 0.1) is 5.92 Å². The van der Waals surface area contributed by atoms with Crippen molar-refractivity contribution in [3.63, 3.8) is 0 Å². The van der Waals surface area contributed by atoms with Gasteiger partial charge in [0.05, 0.1) is 5.92 Å². The molecule has 2 rings (SSSR count). The van der Waals surface area contributed by atoms with Crippen LogP contribution in [0.1, 0.15) is 32.3 Å². The fourth-order valence-corrected chi connectivity index (χ4v) is 3.49. The number of carbonyl (C=O) groups excluding carboxylic acids is 2. The van der Waals surface area contributed by atoms with Crippen molar-refractivity contribution in [1.29, 1.82) is 0 Å². The highest BCUT2D eigenvalue weighted by atomic mass is 32.1. The number of amides is 3. The number of likely N-dealkylation sites (tertiary alicyclic amines) is 1. The minimum absolute atomic E-state index is 0.0586. The van der Waals surface area contributed by atoms with E-state index in [2.05, 4.69) is 22.1 Å². The maximum Gasteiger partial charge on any atom is 0.317 e. The Morgan fingerprint density at radius 3 is 3.00 bits per heavy atom. The van der Waals surface area contributed by atoms with Crippen molar-refractivity contribution in [2.45, 2.75) is 39.2 Å². The minimum atomic E-state index is -0.0772. The van der Waals surface area contributed by atoms with E-state index in [4.69, 9.17) is 0 Å². The lowest BCUT2D eigenvalue weighted by atomic mass is 9.97. The molecule has 6 heteroatoms. The van der Waals surface area contributed by atoms with Crippen LogP contribution in [-0.4, -0.2) is 42.5 Å². The average molecular weight is 323 g/mol. The topological polar surface area (TPSA) is 61.4 Å². The molecule has 2 N–H and O–H groups in total. The molecule has 2 atom stereocenters. The molecule has 0 radical (unpaired) electrons. The zero-order chi connectivity index (χ0) is 15.9. The highest BCUT2D eigenvalue weighted by Gasteiger charge is 2.28. The highest BCUT2D eigenvalue weighted by molar-refractivity contribution is 7.07.